The van der Waals surface area contributed by atoms with E-state index < -0.39 is 165 Å². The Kier molecular flexibility index (Phi) is 17.4. The number of ether oxygens (including phenoxy) is 3. The highest BCUT2D eigenvalue weighted by atomic mass is 19.4. The number of nitrogen functional groups attached to an aromatic ring is 4. The number of rotatable bonds is 17. The van der Waals surface area contributed by atoms with Gasteiger partial charge in [0, 0.05) is 11.8 Å². The van der Waals surface area contributed by atoms with Gasteiger partial charge in [-0.25, -0.2) is 13.2 Å². The molecule has 0 bridgehead atoms. The maximum absolute atomic E-state index is 13.8. The van der Waals surface area contributed by atoms with Crippen molar-refractivity contribution in [3.05, 3.63) is 53.3 Å². The van der Waals surface area contributed by atoms with Crippen molar-refractivity contribution in [2.24, 2.45) is 0 Å². The van der Waals surface area contributed by atoms with E-state index in [4.69, 9.17) is 11.5 Å². The summed E-state index contributed by atoms with van der Waals surface area (Å²) >= 11 is 0. The minimum absolute atomic E-state index is 0.376. The van der Waals surface area contributed by atoms with E-state index in [-0.39, 0.29) is 0 Å². The van der Waals surface area contributed by atoms with Crippen LogP contribution in [0.15, 0.2) is 35.8 Å². The summed E-state index contributed by atoms with van der Waals surface area (Å²) in [5.74, 6) is -123. The van der Waals surface area contributed by atoms with E-state index in [0.29, 0.717) is 6.07 Å². The van der Waals surface area contributed by atoms with E-state index >= 15 is 0 Å². The van der Waals surface area contributed by atoms with E-state index in [9.17, 15) is 162 Å². The van der Waals surface area contributed by atoms with E-state index in [2.05, 4.69) is 25.7 Å². The lowest BCUT2D eigenvalue weighted by atomic mass is 9.91. The first kappa shape index (κ1) is 66.9. The zero-order valence-electron chi connectivity index (χ0n) is 33.7. The third kappa shape index (κ3) is 9.99. The van der Waals surface area contributed by atoms with Crippen LogP contribution in [0.1, 0.15) is 0 Å². The van der Waals surface area contributed by atoms with Crippen LogP contribution in [0, 0.1) is 17.5 Å². The topological polar surface area (TPSA) is 132 Å². The summed E-state index contributed by atoms with van der Waals surface area (Å²) in [5.41, 5.74) is 14.6. The van der Waals surface area contributed by atoms with Crippen molar-refractivity contribution >= 4 is 22.7 Å². The lowest BCUT2D eigenvalue weighted by Gasteiger charge is -2.41. The number of alkyl halides is 30. The number of benzene rings is 2. The number of hydrogen-bond acceptors (Lipinski definition) is 7. The molecule has 7 nitrogen and oxygen atoms in total. The van der Waals surface area contributed by atoms with Gasteiger partial charge in [-0.15, -0.1) is 0 Å². The average molecular weight is 1190 g/mol. The molecule has 0 atom stereocenters. The summed E-state index contributed by atoms with van der Waals surface area (Å²) in [7, 11) is 0.717. The minimum atomic E-state index is -8.82. The quantitative estimate of drug-likeness (QED) is 0.0705. The maximum atomic E-state index is 13.8. The molecule has 0 aliphatic rings. The van der Waals surface area contributed by atoms with Gasteiger partial charge >= 0.3 is 95.4 Å². The number of halogens is 37. The van der Waals surface area contributed by atoms with Crippen LogP contribution >= 0.6 is 0 Å². The summed E-state index contributed by atoms with van der Waals surface area (Å²) < 4.78 is 499. The molecule has 434 valence electrons. The molecule has 0 aromatic heterocycles. The van der Waals surface area contributed by atoms with Crippen LogP contribution in [0.25, 0.3) is 0 Å². The molecule has 8 N–H and O–H groups in total. The van der Waals surface area contributed by atoms with Gasteiger partial charge < -0.3 is 37.1 Å². The smallest absolute Gasteiger partial charge is 0.460 e. The van der Waals surface area contributed by atoms with Crippen LogP contribution in [-0.4, -0.2) is 90.5 Å². The van der Waals surface area contributed by atoms with Gasteiger partial charge in [0.15, 0.2) is 29.0 Å². The van der Waals surface area contributed by atoms with Crippen LogP contribution in [0.4, 0.5) is 185 Å². The van der Waals surface area contributed by atoms with Crippen LogP contribution in [0.3, 0.4) is 0 Å². The Hall–Kier alpha value is -6.07. The predicted octanol–water partition coefficient (Wildman–Crippen LogP) is 13.8. The van der Waals surface area contributed by atoms with Crippen molar-refractivity contribution in [2.75, 3.05) is 30.0 Å². The second kappa shape index (κ2) is 19.5. The zero-order valence-corrected chi connectivity index (χ0v) is 33.7. The molecule has 2 aromatic rings. The van der Waals surface area contributed by atoms with Crippen LogP contribution in [0.2, 0.25) is 0 Å². The van der Waals surface area contributed by atoms with E-state index in [1.165, 1.54) is 0 Å². The Bertz CT molecular complexity index is 2480. The Morgan fingerprint density at radius 3 is 0.907 bits per heavy atom. The SMILES string of the molecule is COc1c(N)cc(N)cc1OC(F)=C(F)C(F)(F)C(F)(F)C(F)(F)C(F)(F)C(F)(F)C(F)(F)C(F)(F)F.Nc1c(F)c(N)c(F)c(OC(F)=C(F)C(F)(F)C(F)(F)C(F)(F)C(F)(F)C(F)(F)C(F)(F)C(F)(F)F)c1F. The second-order valence-electron chi connectivity index (χ2n) is 13.5. The highest BCUT2D eigenvalue weighted by Gasteiger charge is 2.95. The van der Waals surface area contributed by atoms with Crippen molar-refractivity contribution in [3.8, 4) is 17.2 Å². The summed E-state index contributed by atoms with van der Waals surface area (Å²) in [6.45, 7) is 0. The van der Waals surface area contributed by atoms with Gasteiger partial charge in [0.25, 0.3) is 0 Å². The molecule has 0 saturated heterocycles. The van der Waals surface area contributed by atoms with Crippen molar-refractivity contribution in [1.82, 2.24) is 0 Å². The molecule has 0 aliphatic heterocycles. The standard InChI is InChI=1S/C16H9F17N2O2.C15H4F20N2O/c1-36-7-5(35)2-4(34)3-6(7)37-9(18)8(17)10(19,20)11(21,22)12(23,24)13(25,26)14(27,28)15(29,30)16(31,32)33;16-1-4(36)2(17)6(3(18)5(1)37)38-8(20)7(19)9(21,22)10(23,24)11(25,26)12(27,28)13(29,30)14(31,32)15(33,34)35/h2-3H,34-35H2,1H3;36-37H2. The van der Waals surface area contributed by atoms with Gasteiger partial charge in [-0.2, -0.15) is 149 Å². The number of allylic oxidation sites excluding steroid dienone is 2. The van der Waals surface area contributed by atoms with E-state index in [1.807, 2.05) is 0 Å². The number of nitrogens with two attached hydrogens (primary N) is 4. The van der Waals surface area contributed by atoms with Crippen LogP contribution in [0.5, 0.6) is 17.2 Å². The van der Waals surface area contributed by atoms with Gasteiger partial charge in [0.2, 0.25) is 17.4 Å². The summed E-state index contributed by atoms with van der Waals surface area (Å²) in [6.07, 6.45) is -15.7. The Morgan fingerprint density at radius 1 is 0.360 bits per heavy atom. The van der Waals surface area contributed by atoms with Gasteiger partial charge in [-0.05, 0) is 6.07 Å². The normalized spacial score (nSPS) is 15.4. The third-order valence-electron chi connectivity index (χ3n) is 8.60. The monoisotopic (exact) mass is 1190 g/mol. The molecule has 2 aromatic carbocycles. The predicted molar refractivity (Wildman–Crippen MR) is 168 cm³/mol. The molecule has 2 rings (SSSR count). The molecule has 44 heteroatoms. The summed E-state index contributed by atoms with van der Waals surface area (Å²) in [6, 6.07) is -6.64. The molecule has 0 unspecified atom stereocenters. The first-order valence-electron chi connectivity index (χ1n) is 16.7. The number of methoxy groups -OCH3 is 1. The van der Waals surface area contributed by atoms with E-state index in [1.54, 1.807) is 0 Å². The largest absolute Gasteiger partial charge is 0.491 e. The first-order valence-corrected chi connectivity index (χ1v) is 16.7. The fourth-order valence-electron chi connectivity index (χ4n) is 4.44. The van der Waals surface area contributed by atoms with Gasteiger partial charge in [-0.1, -0.05) is 0 Å². The molecule has 0 spiro atoms. The Labute approximate surface area is 384 Å². The summed E-state index contributed by atoms with van der Waals surface area (Å²) in [4.78, 5) is 0. The Morgan fingerprint density at radius 2 is 0.627 bits per heavy atom. The van der Waals surface area contributed by atoms with Crippen molar-refractivity contribution in [2.45, 2.75) is 83.4 Å². The summed E-state index contributed by atoms with van der Waals surface area (Å²) in [5, 5.41) is 0. The molecule has 0 heterocycles. The number of hydrogen-bond donors (Lipinski definition) is 4. The Balaban J connectivity index is 0.000000750. The van der Waals surface area contributed by atoms with Crippen molar-refractivity contribution in [3.63, 3.8) is 0 Å². The average Bonchev–Trinajstić information content (AvgIpc) is 3.24. The van der Waals surface area contributed by atoms with Gasteiger partial charge in [0.1, 0.15) is 11.4 Å². The molecule has 0 fully saturated rings. The highest BCUT2D eigenvalue weighted by molar-refractivity contribution is 5.68. The van der Waals surface area contributed by atoms with Crippen molar-refractivity contribution in [1.29, 1.82) is 0 Å². The molecular formula is C31H13F37N4O3. The first-order chi connectivity index (χ1) is 32.6. The lowest BCUT2D eigenvalue weighted by molar-refractivity contribution is -0.451. The molecule has 0 radical (unpaired) electrons. The fourth-order valence-corrected chi connectivity index (χ4v) is 4.44. The van der Waals surface area contributed by atoms with Crippen LogP contribution < -0.4 is 37.1 Å². The minimum Gasteiger partial charge on any atom is -0.491 e. The van der Waals surface area contributed by atoms with Gasteiger partial charge in [0.05, 0.1) is 12.8 Å². The van der Waals surface area contributed by atoms with Crippen LogP contribution in [-0.2, 0) is 0 Å². The number of anilines is 4. The maximum Gasteiger partial charge on any atom is 0.460 e. The zero-order chi connectivity index (χ0) is 60.6. The van der Waals surface area contributed by atoms with Crippen molar-refractivity contribution < 1.29 is 177 Å². The lowest BCUT2D eigenvalue weighted by Crippen LogP contribution is -2.72. The molecular weight excluding hydrogens is 1180 g/mol. The molecule has 0 saturated carbocycles. The molecule has 0 amide bonds. The van der Waals surface area contributed by atoms with E-state index in [0.717, 1.165) is 13.2 Å². The second-order valence-corrected chi connectivity index (χ2v) is 13.5. The highest BCUT2D eigenvalue weighted by Crippen LogP contribution is 2.65. The fraction of sp³-hybridized carbons (Fsp3) is 0.484. The van der Waals surface area contributed by atoms with Gasteiger partial charge in [-0.3, -0.25) is 0 Å². The molecule has 0 aliphatic carbocycles. The third-order valence-corrected chi connectivity index (χ3v) is 8.60. The molecule has 75 heavy (non-hydrogen) atoms.